The van der Waals surface area contributed by atoms with Crippen molar-refractivity contribution in [2.45, 2.75) is 25.9 Å². The minimum absolute atomic E-state index is 0.121. The smallest absolute Gasteiger partial charge is 0.145 e. The highest BCUT2D eigenvalue weighted by Crippen LogP contribution is 2.17. The molecule has 3 nitrogen and oxygen atoms in total. The van der Waals surface area contributed by atoms with E-state index in [-0.39, 0.29) is 5.56 Å². The predicted octanol–water partition coefficient (Wildman–Crippen LogP) is 2.13. The van der Waals surface area contributed by atoms with E-state index in [1.165, 1.54) is 6.07 Å². The van der Waals surface area contributed by atoms with E-state index in [0.29, 0.717) is 24.1 Å². The lowest BCUT2D eigenvalue weighted by Gasteiger charge is -2.35. The van der Waals surface area contributed by atoms with E-state index in [1.54, 1.807) is 12.1 Å². The molecule has 1 aromatic carbocycles. The summed E-state index contributed by atoms with van der Waals surface area (Å²) in [5.74, 6) is 0.166. The molecule has 0 spiro atoms. The van der Waals surface area contributed by atoms with Gasteiger partial charge in [-0.25, -0.2) is 4.39 Å². The number of likely N-dealkylation sites (tertiary alicyclic amines) is 1. The van der Waals surface area contributed by atoms with Crippen LogP contribution in [0, 0.1) is 23.1 Å². The molecule has 19 heavy (non-hydrogen) atoms. The summed E-state index contributed by atoms with van der Waals surface area (Å²) in [4.78, 5) is 2.32. The number of hydrogen-bond donors (Lipinski definition) is 1. The van der Waals surface area contributed by atoms with Crippen molar-refractivity contribution >= 4 is 0 Å². The molecule has 0 aromatic heterocycles. The van der Waals surface area contributed by atoms with Crippen molar-refractivity contribution in [1.29, 1.82) is 5.26 Å². The number of benzene rings is 1. The van der Waals surface area contributed by atoms with Gasteiger partial charge in [-0.05, 0) is 32.0 Å². The molecule has 1 heterocycles. The van der Waals surface area contributed by atoms with Crippen LogP contribution in [-0.2, 0) is 6.54 Å². The number of hydrogen-bond acceptors (Lipinski definition) is 3. The van der Waals surface area contributed by atoms with Gasteiger partial charge in [0, 0.05) is 24.7 Å². The fourth-order valence-electron chi connectivity index (χ4n) is 2.70. The molecule has 1 N–H and O–H groups in total. The van der Waals surface area contributed by atoms with E-state index >= 15 is 0 Å². The molecule has 1 aliphatic heterocycles. The Hall–Kier alpha value is -1.44. The fraction of sp³-hybridized carbons (Fsp3) is 0.533. The van der Waals surface area contributed by atoms with Gasteiger partial charge < -0.3 is 10.2 Å². The van der Waals surface area contributed by atoms with Gasteiger partial charge in [0.05, 0.1) is 5.56 Å². The van der Waals surface area contributed by atoms with Crippen LogP contribution in [0.3, 0.4) is 0 Å². The molecule has 102 valence electrons. The van der Waals surface area contributed by atoms with Crippen LogP contribution in [0.25, 0.3) is 0 Å². The van der Waals surface area contributed by atoms with Gasteiger partial charge in [0.1, 0.15) is 11.9 Å². The topological polar surface area (TPSA) is 39.1 Å². The van der Waals surface area contributed by atoms with Crippen molar-refractivity contribution in [2.75, 3.05) is 20.1 Å². The number of nitrogens with zero attached hydrogens (tertiary/aromatic N) is 2. The lowest BCUT2D eigenvalue weighted by molar-refractivity contribution is 0.174. The molecule has 2 rings (SSSR count). The average molecular weight is 261 g/mol. The van der Waals surface area contributed by atoms with Crippen LogP contribution in [0.2, 0.25) is 0 Å². The second kappa shape index (κ2) is 6.14. The zero-order valence-corrected chi connectivity index (χ0v) is 11.5. The molecule has 0 aliphatic carbocycles. The molecule has 1 aromatic rings. The monoisotopic (exact) mass is 261 g/mol. The summed E-state index contributed by atoms with van der Waals surface area (Å²) in [5, 5.41) is 12.2. The second-order valence-corrected chi connectivity index (χ2v) is 5.41. The zero-order chi connectivity index (χ0) is 13.8. The fourth-order valence-corrected chi connectivity index (χ4v) is 2.70. The molecule has 0 bridgehead atoms. The van der Waals surface area contributed by atoms with Gasteiger partial charge in [-0.3, -0.25) is 0 Å². The van der Waals surface area contributed by atoms with Crippen LogP contribution in [0.5, 0.6) is 0 Å². The largest absolute Gasteiger partial charge is 0.309 e. The predicted molar refractivity (Wildman–Crippen MR) is 73.0 cm³/mol. The van der Waals surface area contributed by atoms with Crippen LogP contribution in [0.1, 0.15) is 24.5 Å². The van der Waals surface area contributed by atoms with Crippen LogP contribution in [0.15, 0.2) is 18.2 Å². The summed E-state index contributed by atoms with van der Waals surface area (Å²) >= 11 is 0. The normalized spacial score (nSPS) is 24.1. The van der Waals surface area contributed by atoms with E-state index in [1.807, 2.05) is 6.07 Å². The van der Waals surface area contributed by atoms with Gasteiger partial charge in [0.2, 0.25) is 0 Å². The minimum atomic E-state index is -0.391. The van der Waals surface area contributed by atoms with Crippen molar-refractivity contribution < 1.29 is 4.39 Å². The summed E-state index contributed by atoms with van der Waals surface area (Å²) in [6.45, 7) is 4.84. The molecule has 4 heteroatoms. The van der Waals surface area contributed by atoms with E-state index in [4.69, 9.17) is 5.26 Å². The third-order valence-corrected chi connectivity index (χ3v) is 3.86. The highest BCUT2D eigenvalue weighted by molar-refractivity contribution is 5.34. The summed E-state index contributed by atoms with van der Waals surface area (Å²) < 4.78 is 13.9. The highest BCUT2D eigenvalue weighted by atomic mass is 19.1. The Labute approximate surface area is 114 Å². The number of nitriles is 1. The Balaban J connectivity index is 1.98. The first kappa shape index (κ1) is 14.0. The third kappa shape index (κ3) is 3.31. The van der Waals surface area contributed by atoms with Crippen LogP contribution < -0.4 is 5.32 Å². The molecule has 0 saturated carbocycles. The minimum Gasteiger partial charge on any atom is -0.309 e. The first-order chi connectivity index (χ1) is 9.11. The molecule has 0 amide bonds. The van der Waals surface area contributed by atoms with Crippen molar-refractivity contribution in [1.82, 2.24) is 10.2 Å². The maximum atomic E-state index is 13.9. The molecule has 0 radical (unpaired) electrons. The zero-order valence-electron chi connectivity index (χ0n) is 11.5. The second-order valence-electron chi connectivity index (χ2n) is 5.41. The summed E-state index contributed by atoms with van der Waals surface area (Å²) in [7, 11) is 2.13. The van der Waals surface area contributed by atoms with E-state index in [0.717, 1.165) is 19.5 Å². The number of nitrogens with one attached hydrogen (secondary N) is 1. The first-order valence-electron chi connectivity index (χ1n) is 6.71. The van der Waals surface area contributed by atoms with Crippen molar-refractivity contribution in [2.24, 2.45) is 5.92 Å². The van der Waals surface area contributed by atoms with Gasteiger partial charge >= 0.3 is 0 Å². The van der Waals surface area contributed by atoms with Crippen molar-refractivity contribution in [3.8, 4) is 6.07 Å². The Morgan fingerprint density at radius 1 is 1.53 bits per heavy atom. The first-order valence-corrected chi connectivity index (χ1v) is 6.71. The summed E-state index contributed by atoms with van der Waals surface area (Å²) in [6.07, 6.45) is 1.08. The standard InChI is InChI=1S/C15H20FN3/c1-11-10-19(2)7-6-14(11)18-9-13-5-3-4-12(8-17)15(13)16/h3-5,11,14,18H,6-7,9-10H2,1-2H3. The van der Waals surface area contributed by atoms with Gasteiger partial charge in [-0.2, -0.15) is 5.26 Å². The molecule has 2 unspecified atom stereocenters. The van der Waals surface area contributed by atoms with Crippen LogP contribution in [-0.4, -0.2) is 31.1 Å². The molecule has 1 fully saturated rings. The van der Waals surface area contributed by atoms with Crippen LogP contribution >= 0.6 is 0 Å². The van der Waals surface area contributed by atoms with E-state index in [2.05, 4.69) is 24.2 Å². The van der Waals surface area contributed by atoms with Gasteiger partial charge in [0.25, 0.3) is 0 Å². The lowest BCUT2D eigenvalue weighted by atomic mass is 9.94. The summed E-state index contributed by atoms with van der Waals surface area (Å²) in [5.41, 5.74) is 0.695. The molecule has 2 atom stereocenters. The van der Waals surface area contributed by atoms with E-state index < -0.39 is 5.82 Å². The van der Waals surface area contributed by atoms with Gasteiger partial charge in [0.15, 0.2) is 0 Å². The number of halogens is 1. The highest BCUT2D eigenvalue weighted by Gasteiger charge is 2.23. The molecular weight excluding hydrogens is 241 g/mol. The summed E-state index contributed by atoms with van der Waals surface area (Å²) in [6, 6.07) is 7.28. The van der Waals surface area contributed by atoms with E-state index in [9.17, 15) is 4.39 Å². The third-order valence-electron chi connectivity index (χ3n) is 3.86. The average Bonchev–Trinajstić information content (AvgIpc) is 2.39. The maximum absolute atomic E-state index is 13.9. The Bertz CT molecular complexity index is 481. The van der Waals surface area contributed by atoms with Crippen molar-refractivity contribution in [3.63, 3.8) is 0 Å². The maximum Gasteiger partial charge on any atom is 0.145 e. The quantitative estimate of drug-likeness (QED) is 0.906. The lowest BCUT2D eigenvalue weighted by Crippen LogP contribution is -2.46. The van der Waals surface area contributed by atoms with Crippen molar-refractivity contribution in [3.05, 3.63) is 35.1 Å². The van der Waals surface area contributed by atoms with Gasteiger partial charge in [-0.15, -0.1) is 0 Å². The SMILES string of the molecule is CC1CN(C)CCC1NCc1cccc(C#N)c1F. The Morgan fingerprint density at radius 3 is 3.00 bits per heavy atom. The van der Waals surface area contributed by atoms with Gasteiger partial charge in [-0.1, -0.05) is 19.1 Å². The number of piperidine rings is 1. The Morgan fingerprint density at radius 2 is 2.32 bits per heavy atom. The molecule has 1 aliphatic rings. The van der Waals surface area contributed by atoms with Crippen LogP contribution in [0.4, 0.5) is 4.39 Å². The molecular formula is C15H20FN3. The Kier molecular flexibility index (Phi) is 4.52. The molecule has 1 saturated heterocycles. The number of rotatable bonds is 3.